The molecule has 2 aromatic carbocycles. The number of fused-ring (bicyclic) bond motifs is 1. The molecular formula is C24H20Cl2FHf-3. The fourth-order valence-electron chi connectivity index (χ4n) is 3.58. The number of hydrogen-bond donors (Lipinski definition) is 0. The zero-order valence-corrected chi connectivity index (χ0v) is 20.7. The molecule has 0 spiro atoms. The molecule has 0 amide bonds. The van der Waals surface area contributed by atoms with Crippen molar-refractivity contribution in [2.45, 2.75) is 25.7 Å². The van der Waals surface area contributed by atoms with Gasteiger partial charge in [0.2, 0.25) is 0 Å². The van der Waals surface area contributed by atoms with Crippen molar-refractivity contribution in [3.8, 4) is 11.1 Å². The van der Waals surface area contributed by atoms with E-state index in [4.69, 9.17) is 0 Å². The van der Waals surface area contributed by atoms with Crippen molar-refractivity contribution in [2.75, 3.05) is 0 Å². The third kappa shape index (κ3) is 5.03. The van der Waals surface area contributed by atoms with Gasteiger partial charge in [-0.2, -0.15) is 17.2 Å². The molecule has 144 valence electrons. The Kier molecular flexibility index (Phi) is 9.83. The monoisotopic (exact) mass is 577 g/mol. The van der Waals surface area contributed by atoms with Gasteiger partial charge in [-0.15, -0.1) is 23.8 Å². The van der Waals surface area contributed by atoms with Crippen LogP contribution in [-0.2, 0) is 25.8 Å². The van der Waals surface area contributed by atoms with E-state index in [9.17, 15) is 4.39 Å². The van der Waals surface area contributed by atoms with Gasteiger partial charge in [-0.05, 0) is 36.0 Å². The van der Waals surface area contributed by atoms with Crippen LogP contribution in [0.2, 0.25) is 0 Å². The summed E-state index contributed by atoms with van der Waals surface area (Å²) in [5, 5.41) is 0. The van der Waals surface area contributed by atoms with Gasteiger partial charge in [-0.3, -0.25) is 0 Å². The zero-order valence-electron chi connectivity index (χ0n) is 15.6. The number of halogens is 3. The van der Waals surface area contributed by atoms with Crippen molar-refractivity contribution in [3.63, 3.8) is 0 Å². The van der Waals surface area contributed by atoms with E-state index in [0.717, 1.165) is 29.5 Å². The van der Waals surface area contributed by atoms with Crippen LogP contribution in [0.4, 0.5) is 4.39 Å². The largest absolute Gasteiger partial charge is 1.00 e. The first kappa shape index (κ1) is 24.8. The average molecular weight is 577 g/mol. The Morgan fingerprint density at radius 2 is 1.82 bits per heavy atom. The predicted octanol–water partition coefficient (Wildman–Crippen LogP) is 0.548. The van der Waals surface area contributed by atoms with Gasteiger partial charge in [0.1, 0.15) is 5.82 Å². The van der Waals surface area contributed by atoms with Crippen molar-refractivity contribution in [2.24, 2.45) is 0 Å². The molecule has 0 bridgehead atoms. The Bertz CT molecular complexity index is 927. The normalized spacial score (nSPS) is 16.9. The first-order chi connectivity index (χ1) is 12.3. The summed E-state index contributed by atoms with van der Waals surface area (Å²) in [4.78, 5) is 0. The van der Waals surface area contributed by atoms with Crippen LogP contribution >= 0.6 is 0 Å². The Labute approximate surface area is 197 Å². The maximum atomic E-state index is 14.8. The summed E-state index contributed by atoms with van der Waals surface area (Å²) in [6, 6.07) is 15.4. The first-order valence-electron chi connectivity index (χ1n) is 8.82. The summed E-state index contributed by atoms with van der Waals surface area (Å²) in [7, 11) is 0. The molecular weight excluding hydrogens is 557 g/mol. The molecule has 0 N–H and O–H groups in total. The molecule has 2 aliphatic carbocycles. The molecule has 0 heterocycles. The minimum Gasteiger partial charge on any atom is -1.00 e. The predicted molar refractivity (Wildman–Crippen MR) is 102 cm³/mol. The van der Waals surface area contributed by atoms with E-state index >= 15 is 0 Å². The Balaban J connectivity index is 0.00000131. The smallest absolute Gasteiger partial charge is 0.131 e. The summed E-state index contributed by atoms with van der Waals surface area (Å²) < 4.78 is 14.8. The van der Waals surface area contributed by atoms with Crippen molar-refractivity contribution in [3.05, 3.63) is 107 Å². The molecule has 0 nitrogen and oxygen atoms in total. The maximum absolute atomic E-state index is 14.8. The second-order valence-electron chi connectivity index (χ2n) is 6.51. The van der Waals surface area contributed by atoms with Crippen molar-refractivity contribution >= 4 is 0 Å². The van der Waals surface area contributed by atoms with E-state index in [-0.39, 0.29) is 62.4 Å². The number of hydrogen-bond acceptors (Lipinski definition) is 0. The number of allylic oxidation sites excluding steroid dienone is 8. The quantitative estimate of drug-likeness (QED) is 0.370. The fourth-order valence-corrected chi connectivity index (χ4v) is 3.58. The SMILES string of the molecule is CCC1=[C-]C2=CC=CCC(c3ccc(-c4ccccc4)c(F)c3)C2=C1.[Cl-].[Cl-].[Hf]. The van der Waals surface area contributed by atoms with E-state index in [1.54, 1.807) is 6.07 Å². The molecule has 1 unspecified atom stereocenters. The van der Waals surface area contributed by atoms with Crippen LogP contribution in [0, 0.1) is 11.9 Å². The van der Waals surface area contributed by atoms with Gasteiger partial charge in [0.15, 0.2) is 0 Å². The molecule has 1 atom stereocenters. The molecule has 4 rings (SSSR count). The van der Waals surface area contributed by atoms with Gasteiger partial charge >= 0.3 is 0 Å². The van der Waals surface area contributed by atoms with Crippen molar-refractivity contribution in [1.29, 1.82) is 0 Å². The molecule has 0 saturated carbocycles. The topological polar surface area (TPSA) is 0 Å². The van der Waals surface area contributed by atoms with Gasteiger partial charge in [-0.25, -0.2) is 4.39 Å². The third-order valence-corrected chi connectivity index (χ3v) is 4.94. The molecule has 0 aromatic heterocycles. The minimum atomic E-state index is -0.159. The van der Waals surface area contributed by atoms with E-state index in [1.807, 2.05) is 36.4 Å². The number of rotatable bonds is 3. The fraction of sp³-hybridized carbons (Fsp3) is 0.167. The molecule has 28 heavy (non-hydrogen) atoms. The first-order valence-corrected chi connectivity index (χ1v) is 8.82. The van der Waals surface area contributed by atoms with Gasteiger partial charge in [0, 0.05) is 31.4 Å². The van der Waals surface area contributed by atoms with Crippen LogP contribution in [0.15, 0.2) is 89.6 Å². The standard InChI is InChI=1S/C24H20F.2ClH.Hf/c1-2-17-14-19-10-6-7-11-21(23(19)15-17)20-12-13-22(24(25)16-20)18-8-4-3-5-9-18;;;/h3-10,12-13,15-16,21H,2,11H2,1H3;2*1H;/q-1;;;/p-2. The van der Waals surface area contributed by atoms with Crippen LogP contribution in [0.1, 0.15) is 31.2 Å². The van der Waals surface area contributed by atoms with E-state index in [0.29, 0.717) is 5.56 Å². The van der Waals surface area contributed by atoms with E-state index < -0.39 is 0 Å². The average Bonchev–Trinajstić information content (AvgIpc) is 2.95. The van der Waals surface area contributed by atoms with Crippen LogP contribution in [0.25, 0.3) is 11.1 Å². The van der Waals surface area contributed by atoms with Crippen molar-refractivity contribution in [1.82, 2.24) is 0 Å². The van der Waals surface area contributed by atoms with E-state index in [2.05, 4.69) is 43.4 Å². The molecule has 2 aromatic rings. The zero-order chi connectivity index (χ0) is 17.2. The van der Waals surface area contributed by atoms with Crippen molar-refractivity contribution < 1.29 is 55.0 Å². The summed E-state index contributed by atoms with van der Waals surface area (Å²) >= 11 is 0. The summed E-state index contributed by atoms with van der Waals surface area (Å²) in [6.45, 7) is 2.14. The van der Waals surface area contributed by atoms with E-state index in [1.165, 1.54) is 11.1 Å². The molecule has 0 fully saturated rings. The molecule has 0 radical (unpaired) electrons. The van der Waals surface area contributed by atoms with Crippen LogP contribution in [0.5, 0.6) is 0 Å². The summed E-state index contributed by atoms with van der Waals surface area (Å²) in [6.07, 6.45) is 13.9. The maximum Gasteiger partial charge on any atom is 0.131 e. The minimum absolute atomic E-state index is 0. The van der Waals surface area contributed by atoms with Crippen LogP contribution in [-0.4, -0.2) is 0 Å². The molecule has 0 aliphatic heterocycles. The summed E-state index contributed by atoms with van der Waals surface area (Å²) in [5.41, 5.74) is 6.22. The molecule has 4 heteroatoms. The number of benzene rings is 2. The van der Waals surface area contributed by atoms with Gasteiger partial charge in [0.25, 0.3) is 0 Å². The van der Waals surface area contributed by atoms with Gasteiger partial charge < -0.3 is 24.8 Å². The Hall–Kier alpha value is -1.22. The van der Waals surface area contributed by atoms with Gasteiger partial charge in [-0.1, -0.05) is 55.5 Å². The van der Waals surface area contributed by atoms with Crippen LogP contribution < -0.4 is 24.8 Å². The Morgan fingerprint density at radius 3 is 2.50 bits per heavy atom. The second kappa shape index (κ2) is 11.1. The summed E-state index contributed by atoms with van der Waals surface area (Å²) in [5.74, 6) is 0.0228. The second-order valence-corrected chi connectivity index (χ2v) is 6.51. The molecule has 2 aliphatic rings. The Morgan fingerprint density at radius 1 is 1.07 bits per heavy atom. The van der Waals surface area contributed by atoms with Gasteiger partial charge in [0.05, 0.1) is 0 Å². The third-order valence-electron chi connectivity index (χ3n) is 4.94. The molecule has 0 saturated heterocycles. The van der Waals surface area contributed by atoms with Crippen LogP contribution in [0.3, 0.4) is 0 Å².